The van der Waals surface area contributed by atoms with Crippen molar-refractivity contribution in [1.29, 1.82) is 0 Å². The molecule has 0 radical (unpaired) electrons. The lowest BCUT2D eigenvalue weighted by Gasteiger charge is -2.36. The first-order chi connectivity index (χ1) is 12.0. The fourth-order valence-electron chi connectivity index (χ4n) is 3.89. The van der Waals surface area contributed by atoms with Crippen molar-refractivity contribution < 1.29 is 18.8 Å². The smallest absolute Gasteiger partial charge is 0.407 e. The number of methoxy groups -OCH3 is 1. The quantitative estimate of drug-likeness (QED) is 0.874. The Morgan fingerprint density at radius 1 is 1.28 bits per heavy atom. The third-order valence-corrected chi connectivity index (χ3v) is 5.24. The number of fused-ring (bicyclic) bond motifs is 4. The molecular formula is C17H26N4O4. The van der Waals surface area contributed by atoms with Crippen LogP contribution in [-0.4, -0.2) is 66.3 Å². The summed E-state index contributed by atoms with van der Waals surface area (Å²) in [5.41, 5.74) is 2.08. The van der Waals surface area contributed by atoms with Gasteiger partial charge in [0, 0.05) is 37.8 Å². The van der Waals surface area contributed by atoms with Gasteiger partial charge < -0.3 is 19.5 Å². The Morgan fingerprint density at radius 2 is 2.08 bits per heavy atom. The molecule has 8 nitrogen and oxygen atoms in total. The largest absolute Gasteiger partial charge is 0.453 e. The predicted molar refractivity (Wildman–Crippen MR) is 89.9 cm³/mol. The number of amides is 2. The van der Waals surface area contributed by atoms with E-state index < -0.39 is 6.09 Å². The number of carbonyl (C=O) groups excluding carboxylic acids is 2. The lowest BCUT2D eigenvalue weighted by molar-refractivity contribution is -0.134. The van der Waals surface area contributed by atoms with Gasteiger partial charge in [0.1, 0.15) is 12.3 Å². The SMILES string of the molecule is COC(=O)NCC(=O)N1C[C@H]2CC[C@@H]1CN(Cc1c(C)noc1C)C2. The van der Waals surface area contributed by atoms with Crippen molar-refractivity contribution in [3.05, 3.63) is 17.0 Å². The minimum atomic E-state index is -0.576. The molecule has 8 heteroatoms. The maximum absolute atomic E-state index is 12.5. The van der Waals surface area contributed by atoms with Crippen LogP contribution < -0.4 is 5.32 Å². The Bertz CT molecular complexity index is 625. The zero-order chi connectivity index (χ0) is 18.0. The molecule has 0 unspecified atom stereocenters. The predicted octanol–water partition coefficient (Wildman–Crippen LogP) is 1.07. The second kappa shape index (κ2) is 7.43. The first kappa shape index (κ1) is 17.7. The van der Waals surface area contributed by atoms with Gasteiger partial charge in [-0.15, -0.1) is 0 Å². The Balaban J connectivity index is 1.64. The summed E-state index contributed by atoms with van der Waals surface area (Å²) in [7, 11) is 1.29. The maximum atomic E-state index is 12.5. The number of nitrogens with one attached hydrogen (secondary N) is 1. The zero-order valence-electron chi connectivity index (χ0n) is 15.1. The molecule has 0 saturated carbocycles. The summed E-state index contributed by atoms with van der Waals surface area (Å²) >= 11 is 0. The van der Waals surface area contributed by atoms with Crippen LogP contribution in [0, 0.1) is 19.8 Å². The fourth-order valence-corrected chi connectivity index (χ4v) is 3.89. The van der Waals surface area contributed by atoms with Crippen LogP contribution in [0.5, 0.6) is 0 Å². The van der Waals surface area contributed by atoms with Crippen molar-refractivity contribution in [1.82, 2.24) is 20.3 Å². The van der Waals surface area contributed by atoms with Crippen molar-refractivity contribution in [2.24, 2.45) is 5.92 Å². The maximum Gasteiger partial charge on any atom is 0.407 e. The molecule has 0 aliphatic carbocycles. The summed E-state index contributed by atoms with van der Waals surface area (Å²) in [6.07, 6.45) is 1.57. The minimum absolute atomic E-state index is 0.0141. The highest BCUT2D eigenvalue weighted by Crippen LogP contribution is 2.29. The van der Waals surface area contributed by atoms with Crippen LogP contribution in [0.25, 0.3) is 0 Å². The summed E-state index contributed by atoms with van der Waals surface area (Å²) in [6.45, 7) is 7.25. The van der Waals surface area contributed by atoms with Gasteiger partial charge in [-0.2, -0.15) is 0 Å². The van der Waals surface area contributed by atoms with Gasteiger partial charge >= 0.3 is 6.09 Å². The highest BCUT2D eigenvalue weighted by atomic mass is 16.5. The van der Waals surface area contributed by atoms with Crippen molar-refractivity contribution in [2.45, 2.75) is 39.3 Å². The van der Waals surface area contributed by atoms with Crippen LogP contribution in [0.3, 0.4) is 0 Å². The van der Waals surface area contributed by atoms with E-state index in [4.69, 9.17) is 4.52 Å². The van der Waals surface area contributed by atoms with Gasteiger partial charge in [-0.3, -0.25) is 9.69 Å². The Kier molecular flexibility index (Phi) is 5.27. The van der Waals surface area contributed by atoms with Crippen LogP contribution >= 0.6 is 0 Å². The van der Waals surface area contributed by atoms with E-state index in [1.807, 2.05) is 18.7 Å². The van der Waals surface area contributed by atoms with E-state index in [-0.39, 0.29) is 18.5 Å². The number of alkyl carbamates (subject to hydrolysis) is 1. The topological polar surface area (TPSA) is 87.9 Å². The Morgan fingerprint density at radius 3 is 2.76 bits per heavy atom. The summed E-state index contributed by atoms with van der Waals surface area (Å²) in [5.74, 6) is 1.28. The molecule has 3 aliphatic heterocycles. The first-order valence-corrected chi connectivity index (χ1v) is 8.73. The van der Waals surface area contributed by atoms with E-state index in [0.29, 0.717) is 5.92 Å². The van der Waals surface area contributed by atoms with Crippen LogP contribution in [0.4, 0.5) is 4.79 Å². The van der Waals surface area contributed by atoms with Gasteiger partial charge in [-0.1, -0.05) is 5.16 Å². The van der Waals surface area contributed by atoms with Crippen LogP contribution in [0.1, 0.15) is 29.9 Å². The fraction of sp³-hybridized carbons (Fsp3) is 0.706. The van der Waals surface area contributed by atoms with Gasteiger partial charge in [0.2, 0.25) is 5.91 Å². The number of hydrogen-bond donors (Lipinski definition) is 1. The zero-order valence-corrected chi connectivity index (χ0v) is 15.1. The average Bonchev–Trinajstić information content (AvgIpc) is 2.80. The number of rotatable bonds is 4. The highest BCUT2D eigenvalue weighted by Gasteiger charge is 2.37. The molecule has 0 spiro atoms. The molecule has 1 aromatic heterocycles. The van der Waals surface area contributed by atoms with Gasteiger partial charge in [0.15, 0.2) is 0 Å². The van der Waals surface area contributed by atoms with E-state index in [9.17, 15) is 9.59 Å². The second-order valence-corrected chi connectivity index (χ2v) is 6.99. The summed E-state index contributed by atoms with van der Waals surface area (Å²) in [6, 6.07) is 0.186. The monoisotopic (exact) mass is 350 g/mol. The normalized spacial score (nSPS) is 23.4. The lowest BCUT2D eigenvalue weighted by Crippen LogP contribution is -2.50. The standard InChI is InChI=1S/C17H26N4O4/c1-11-15(12(2)25-19-11)10-20-7-13-4-5-14(9-20)21(8-13)16(22)6-18-17(23)24-3/h13-14H,4-10H2,1-3H3,(H,18,23)/t13-,14+/m0/s1. The van der Waals surface area contributed by atoms with Gasteiger partial charge in [-0.25, -0.2) is 4.79 Å². The Labute approximate surface area is 147 Å². The Hall–Kier alpha value is -2.09. The number of carbonyl (C=O) groups is 2. The molecule has 3 fully saturated rings. The van der Waals surface area contributed by atoms with Crippen molar-refractivity contribution >= 4 is 12.0 Å². The van der Waals surface area contributed by atoms with Crippen molar-refractivity contribution in [3.8, 4) is 0 Å². The van der Waals surface area contributed by atoms with Crippen LogP contribution in [0.2, 0.25) is 0 Å². The van der Waals surface area contributed by atoms with Crippen LogP contribution in [-0.2, 0) is 16.1 Å². The van der Waals surface area contributed by atoms with E-state index >= 15 is 0 Å². The van der Waals surface area contributed by atoms with Crippen LogP contribution in [0.15, 0.2) is 4.52 Å². The highest BCUT2D eigenvalue weighted by molar-refractivity contribution is 5.82. The molecule has 4 heterocycles. The molecule has 25 heavy (non-hydrogen) atoms. The molecule has 3 saturated heterocycles. The third kappa shape index (κ3) is 3.95. The van der Waals surface area contributed by atoms with Gasteiger partial charge in [-0.05, 0) is 32.6 Å². The lowest BCUT2D eigenvalue weighted by atomic mass is 9.95. The van der Waals surface area contributed by atoms with E-state index in [2.05, 4.69) is 20.1 Å². The number of aryl methyl sites for hydroxylation is 2. The number of aromatic nitrogens is 1. The van der Waals surface area contributed by atoms with Gasteiger partial charge in [0.25, 0.3) is 0 Å². The average molecular weight is 350 g/mol. The van der Waals surface area contributed by atoms with Crippen molar-refractivity contribution in [3.63, 3.8) is 0 Å². The number of piperidine rings is 1. The summed E-state index contributed by atoms with van der Waals surface area (Å²) < 4.78 is 9.80. The van der Waals surface area contributed by atoms with Gasteiger partial charge in [0.05, 0.1) is 12.8 Å². The number of nitrogens with zero attached hydrogens (tertiary/aromatic N) is 3. The molecular weight excluding hydrogens is 324 g/mol. The summed E-state index contributed by atoms with van der Waals surface area (Å²) in [4.78, 5) is 28.0. The minimum Gasteiger partial charge on any atom is -0.453 e. The van der Waals surface area contributed by atoms with E-state index in [1.165, 1.54) is 7.11 Å². The summed E-state index contributed by atoms with van der Waals surface area (Å²) in [5, 5.41) is 6.52. The molecule has 2 amide bonds. The molecule has 2 atom stereocenters. The molecule has 4 rings (SSSR count). The molecule has 1 N–H and O–H groups in total. The molecule has 1 aromatic rings. The molecule has 3 aliphatic rings. The number of ether oxygens (including phenoxy) is 1. The second-order valence-electron chi connectivity index (χ2n) is 6.99. The third-order valence-electron chi connectivity index (χ3n) is 5.24. The van der Waals surface area contributed by atoms with E-state index in [0.717, 1.165) is 56.0 Å². The molecule has 138 valence electrons. The molecule has 0 aromatic carbocycles. The van der Waals surface area contributed by atoms with Crippen molar-refractivity contribution in [2.75, 3.05) is 33.3 Å². The number of hydrogen-bond acceptors (Lipinski definition) is 6. The van der Waals surface area contributed by atoms with E-state index in [1.54, 1.807) is 0 Å². The first-order valence-electron chi connectivity index (χ1n) is 8.73. The molecule has 2 bridgehead atoms.